The molecule has 0 saturated heterocycles. The molecule has 9 nitrogen and oxygen atoms in total. The predicted octanol–water partition coefficient (Wildman–Crippen LogP) is 5.41. The van der Waals surface area contributed by atoms with Crippen molar-refractivity contribution in [3.8, 4) is 0 Å². The van der Waals surface area contributed by atoms with Crippen molar-refractivity contribution >= 4 is 29.5 Å². The molecule has 4 N–H and O–H groups in total. The van der Waals surface area contributed by atoms with Crippen molar-refractivity contribution in [3.05, 3.63) is 65.2 Å². The number of ether oxygens (including phenoxy) is 1. The van der Waals surface area contributed by atoms with Crippen molar-refractivity contribution < 1.29 is 23.9 Å². The van der Waals surface area contributed by atoms with E-state index in [1.807, 2.05) is 57.2 Å². The lowest BCUT2D eigenvalue weighted by Crippen LogP contribution is -2.55. The molecular weight excluding hydrogens is 520 g/mol. The van der Waals surface area contributed by atoms with Crippen LogP contribution < -0.4 is 16.4 Å². The molecule has 0 spiro atoms. The molecule has 0 aliphatic carbocycles. The molecule has 2 rings (SSSR count). The average Bonchev–Trinajstić information content (AvgIpc) is 2.84. The molecule has 9 heteroatoms. The summed E-state index contributed by atoms with van der Waals surface area (Å²) in [7, 11) is 0. The highest BCUT2D eigenvalue weighted by molar-refractivity contribution is 6.00. The van der Waals surface area contributed by atoms with Gasteiger partial charge in [-0.3, -0.25) is 14.4 Å². The molecule has 0 aliphatic rings. The third-order valence-electron chi connectivity index (χ3n) is 6.57. The van der Waals surface area contributed by atoms with E-state index in [0.717, 1.165) is 17.5 Å². The summed E-state index contributed by atoms with van der Waals surface area (Å²) < 4.78 is 5.37. The molecule has 2 aromatic rings. The minimum absolute atomic E-state index is 0.355. The number of amides is 4. The predicted molar refractivity (Wildman–Crippen MR) is 161 cm³/mol. The molecule has 0 bridgehead atoms. The monoisotopic (exact) mass is 566 g/mol. The Morgan fingerprint density at radius 2 is 1.61 bits per heavy atom. The molecule has 3 unspecified atom stereocenters. The first kappa shape index (κ1) is 33.3. The molecule has 0 aliphatic heterocycles. The Balaban J connectivity index is 2.65. The summed E-state index contributed by atoms with van der Waals surface area (Å²) in [5.41, 5.74) is 7.70. The second-order valence-electron chi connectivity index (χ2n) is 12.1. The number of nitrogens with zero attached hydrogens (tertiary/aromatic N) is 1. The van der Waals surface area contributed by atoms with Gasteiger partial charge in [-0.05, 0) is 77.5 Å². The number of alkyl carbamates (subject to hydrolysis) is 1. The fraction of sp³-hybridized carbons (Fsp3) is 0.500. The highest BCUT2D eigenvalue weighted by atomic mass is 16.6. The zero-order chi connectivity index (χ0) is 30.9. The van der Waals surface area contributed by atoms with Gasteiger partial charge in [-0.2, -0.15) is 0 Å². The zero-order valence-electron chi connectivity index (χ0n) is 25.6. The van der Waals surface area contributed by atoms with Gasteiger partial charge in [0.15, 0.2) is 0 Å². The van der Waals surface area contributed by atoms with Crippen molar-refractivity contribution in [2.24, 2.45) is 11.7 Å². The number of hydrogen-bond acceptors (Lipinski definition) is 5. The van der Waals surface area contributed by atoms with Gasteiger partial charge in [-0.25, -0.2) is 4.79 Å². The van der Waals surface area contributed by atoms with E-state index >= 15 is 0 Å². The SMILES string of the molecule is Cc1cccc(C(C(=O)Nc2ccccc2C)N(C(=O)C(CC(N)=O)NC(=O)OC(C)(C)C)C(C)CCC(C)C)c1. The number of hydrogen-bond donors (Lipinski definition) is 3. The fourth-order valence-electron chi connectivity index (χ4n) is 4.54. The molecular formula is C32H46N4O5. The number of rotatable bonds is 12. The highest BCUT2D eigenvalue weighted by Crippen LogP contribution is 2.30. The molecule has 0 saturated carbocycles. The van der Waals surface area contributed by atoms with Crippen molar-refractivity contribution in [1.82, 2.24) is 10.2 Å². The summed E-state index contributed by atoms with van der Waals surface area (Å²) >= 11 is 0. The summed E-state index contributed by atoms with van der Waals surface area (Å²) in [6, 6.07) is 12.0. The third-order valence-corrected chi connectivity index (χ3v) is 6.57. The van der Waals surface area contributed by atoms with Crippen molar-refractivity contribution in [2.45, 2.75) is 98.4 Å². The molecule has 4 amide bonds. The number of primary amides is 1. The Bertz CT molecular complexity index is 1220. The standard InChI is InChI=1S/C32H46N4O5/c1-20(2)16-17-23(5)36(30(39)26(19-27(33)37)35-31(40)41-32(6,7)8)28(24-14-11-12-21(3)18-24)29(38)34-25-15-10-9-13-22(25)4/h9-15,18,20,23,26,28H,16-17,19H2,1-8H3,(H2,33,37)(H,34,38)(H,35,40). The van der Waals surface area contributed by atoms with Crippen molar-refractivity contribution in [1.29, 1.82) is 0 Å². The Labute approximate surface area is 244 Å². The van der Waals surface area contributed by atoms with Gasteiger partial charge in [0.25, 0.3) is 5.91 Å². The van der Waals surface area contributed by atoms with Gasteiger partial charge in [0.1, 0.15) is 17.7 Å². The van der Waals surface area contributed by atoms with E-state index in [4.69, 9.17) is 10.5 Å². The normalized spacial score (nSPS) is 13.6. The van der Waals surface area contributed by atoms with Crippen LogP contribution in [0.2, 0.25) is 0 Å². The van der Waals surface area contributed by atoms with Gasteiger partial charge in [0, 0.05) is 11.7 Å². The molecule has 2 aromatic carbocycles. The van der Waals surface area contributed by atoms with Crippen molar-refractivity contribution in [2.75, 3.05) is 5.32 Å². The van der Waals surface area contributed by atoms with Crippen LogP contribution in [0.25, 0.3) is 0 Å². The van der Waals surface area contributed by atoms with Gasteiger partial charge in [0.05, 0.1) is 6.42 Å². The first-order chi connectivity index (χ1) is 19.1. The number of para-hydroxylation sites is 1. The number of aryl methyl sites for hydroxylation is 2. The van der Waals surface area contributed by atoms with Crippen LogP contribution in [0.1, 0.15) is 83.5 Å². The quantitative estimate of drug-likeness (QED) is 0.316. The van der Waals surface area contributed by atoms with Crippen LogP contribution in [-0.4, -0.2) is 46.4 Å². The minimum atomic E-state index is -1.33. The van der Waals surface area contributed by atoms with E-state index in [9.17, 15) is 19.2 Å². The Morgan fingerprint density at radius 3 is 2.17 bits per heavy atom. The van der Waals surface area contributed by atoms with Gasteiger partial charge >= 0.3 is 6.09 Å². The lowest BCUT2D eigenvalue weighted by atomic mass is 9.96. The van der Waals surface area contributed by atoms with E-state index < -0.39 is 54.0 Å². The van der Waals surface area contributed by atoms with E-state index in [1.54, 1.807) is 32.9 Å². The smallest absolute Gasteiger partial charge is 0.408 e. The van der Waals surface area contributed by atoms with Crippen LogP contribution in [0, 0.1) is 19.8 Å². The summed E-state index contributed by atoms with van der Waals surface area (Å²) in [5, 5.41) is 5.53. The zero-order valence-corrected chi connectivity index (χ0v) is 25.6. The molecule has 3 atom stereocenters. The second kappa shape index (κ2) is 14.7. The molecule has 0 heterocycles. The van der Waals surface area contributed by atoms with Crippen LogP contribution in [0.15, 0.2) is 48.5 Å². The van der Waals surface area contributed by atoms with Crippen LogP contribution in [-0.2, 0) is 19.1 Å². The molecule has 0 radical (unpaired) electrons. The highest BCUT2D eigenvalue weighted by Gasteiger charge is 2.39. The first-order valence-corrected chi connectivity index (χ1v) is 14.1. The van der Waals surface area contributed by atoms with Crippen LogP contribution >= 0.6 is 0 Å². The summed E-state index contributed by atoms with van der Waals surface area (Å²) in [6.45, 7) is 14.9. The third kappa shape index (κ3) is 10.6. The van der Waals surface area contributed by atoms with E-state index in [-0.39, 0.29) is 0 Å². The maximum atomic E-state index is 14.4. The van der Waals surface area contributed by atoms with E-state index in [2.05, 4.69) is 24.5 Å². The minimum Gasteiger partial charge on any atom is -0.444 e. The number of carbonyl (C=O) groups excluding carboxylic acids is 4. The maximum Gasteiger partial charge on any atom is 0.408 e. The van der Waals surface area contributed by atoms with Gasteiger partial charge in [0.2, 0.25) is 11.8 Å². The number of carbonyl (C=O) groups is 4. The van der Waals surface area contributed by atoms with Gasteiger partial charge < -0.3 is 26.0 Å². The number of benzene rings is 2. The van der Waals surface area contributed by atoms with Crippen LogP contribution in [0.3, 0.4) is 0 Å². The average molecular weight is 567 g/mol. The lowest BCUT2D eigenvalue weighted by molar-refractivity contribution is -0.144. The van der Waals surface area contributed by atoms with E-state index in [1.165, 1.54) is 4.90 Å². The maximum absolute atomic E-state index is 14.4. The summed E-state index contributed by atoms with van der Waals surface area (Å²) in [4.78, 5) is 54.7. The lowest BCUT2D eigenvalue weighted by Gasteiger charge is -2.38. The number of nitrogens with two attached hydrogens (primary N) is 1. The molecule has 0 aromatic heterocycles. The Kier molecular flexibility index (Phi) is 11.9. The summed E-state index contributed by atoms with van der Waals surface area (Å²) in [5.74, 6) is -1.43. The van der Waals surface area contributed by atoms with Crippen LogP contribution in [0.5, 0.6) is 0 Å². The molecule has 0 fully saturated rings. The van der Waals surface area contributed by atoms with Crippen LogP contribution in [0.4, 0.5) is 10.5 Å². The first-order valence-electron chi connectivity index (χ1n) is 14.1. The number of nitrogens with one attached hydrogen (secondary N) is 2. The van der Waals surface area contributed by atoms with Crippen molar-refractivity contribution in [3.63, 3.8) is 0 Å². The Morgan fingerprint density at radius 1 is 0.951 bits per heavy atom. The second-order valence-corrected chi connectivity index (χ2v) is 12.1. The van der Waals surface area contributed by atoms with E-state index in [0.29, 0.717) is 23.6 Å². The summed E-state index contributed by atoms with van der Waals surface area (Å²) in [6.07, 6.45) is 0.0819. The molecule has 224 valence electrons. The van der Waals surface area contributed by atoms with Gasteiger partial charge in [-0.15, -0.1) is 0 Å². The topological polar surface area (TPSA) is 131 Å². The molecule has 41 heavy (non-hydrogen) atoms. The van der Waals surface area contributed by atoms with Gasteiger partial charge in [-0.1, -0.05) is 61.9 Å². The number of anilines is 1. The largest absolute Gasteiger partial charge is 0.444 e. The Hall–Kier alpha value is -3.88. The fourth-order valence-corrected chi connectivity index (χ4v) is 4.54.